The number of hydrogen-bond acceptors (Lipinski definition) is 0. The lowest BCUT2D eigenvalue weighted by Gasteiger charge is -2.14. The van der Waals surface area contributed by atoms with E-state index in [1.54, 1.807) is 11.1 Å². The minimum Gasteiger partial charge on any atom is -0.0683 e. The molecular formula is C16H18. The maximum atomic E-state index is 2.37. The molecule has 1 aromatic rings. The fraction of sp³-hybridized carbons (Fsp3) is 0.375. The smallest absolute Gasteiger partial charge is 0.00578 e. The first-order chi connectivity index (χ1) is 7.58. The second kappa shape index (κ2) is 3.10. The van der Waals surface area contributed by atoms with Crippen LogP contribution in [0.2, 0.25) is 0 Å². The first-order valence-electron chi connectivity index (χ1n) is 6.07. The standard InChI is InChI=1S/C16H18/c1-9-5-13-11(3)15-7-10(2)8-16(15)12(4)14(13)6-9/h5,7H,6,8H2,1-4H3. The minimum atomic E-state index is 1.16. The van der Waals surface area contributed by atoms with Crippen molar-refractivity contribution >= 4 is 12.2 Å². The van der Waals surface area contributed by atoms with Crippen molar-refractivity contribution < 1.29 is 0 Å². The third-order valence-electron chi connectivity index (χ3n) is 4.06. The predicted octanol–water partition coefficient (Wildman–Crippen LogP) is 4.22. The van der Waals surface area contributed by atoms with Crippen LogP contribution in [0, 0.1) is 13.8 Å². The number of allylic oxidation sites excluding steroid dienone is 2. The van der Waals surface area contributed by atoms with Gasteiger partial charge in [-0.15, -0.1) is 0 Å². The number of benzene rings is 1. The molecule has 0 spiro atoms. The molecule has 3 rings (SSSR count). The second-order valence-electron chi connectivity index (χ2n) is 5.37. The largest absolute Gasteiger partial charge is 0.0683 e. The maximum absolute atomic E-state index is 2.37. The van der Waals surface area contributed by atoms with E-state index in [9.17, 15) is 0 Å². The van der Waals surface area contributed by atoms with Crippen LogP contribution in [0.25, 0.3) is 12.2 Å². The molecule has 0 aromatic heterocycles. The summed E-state index contributed by atoms with van der Waals surface area (Å²) in [7, 11) is 0. The summed E-state index contributed by atoms with van der Waals surface area (Å²) >= 11 is 0. The fourth-order valence-corrected chi connectivity index (χ4v) is 3.18. The summed E-state index contributed by atoms with van der Waals surface area (Å²) < 4.78 is 0. The van der Waals surface area contributed by atoms with Gasteiger partial charge in [-0.25, -0.2) is 0 Å². The van der Waals surface area contributed by atoms with E-state index in [1.165, 1.54) is 33.4 Å². The van der Waals surface area contributed by atoms with Gasteiger partial charge >= 0.3 is 0 Å². The number of fused-ring (bicyclic) bond motifs is 2. The van der Waals surface area contributed by atoms with Crippen LogP contribution in [-0.4, -0.2) is 0 Å². The first kappa shape index (κ1) is 9.89. The molecule has 0 saturated carbocycles. The van der Waals surface area contributed by atoms with E-state index < -0.39 is 0 Å². The van der Waals surface area contributed by atoms with E-state index >= 15 is 0 Å². The highest BCUT2D eigenvalue weighted by Crippen LogP contribution is 2.39. The molecule has 0 heterocycles. The minimum absolute atomic E-state index is 1.16. The monoisotopic (exact) mass is 210 g/mol. The predicted molar refractivity (Wildman–Crippen MR) is 70.6 cm³/mol. The summed E-state index contributed by atoms with van der Waals surface area (Å²) in [5.41, 5.74) is 12.2. The highest BCUT2D eigenvalue weighted by Gasteiger charge is 2.23. The molecule has 0 fully saturated rings. The topological polar surface area (TPSA) is 0 Å². The molecule has 0 atom stereocenters. The van der Waals surface area contributed by atoms with Crippen molar-refractivity contribution in [2.75, 3.05) is 0 Å². The molecule has 0 N–H and O–H groups in total. The summed E-state index contributed by atoms with van der Waals surface area (Å²) in [6.07, 6.45) is 7.07. The van der Waals surface area contributed by atoms with Crippen LogP contribution >= 0.6 is 0 Å². The molecule has 0 saturated heterocycles. The molecular weight excluding hydrogens is 192 g/mol. The highest BCUT2D eigenvalue weighted by atomic mass is 14.3. The van der Waals surface area contributed by atoms with E-state index in [0.717, 1.165) is 12.8 Å². The van der Waals surface area contributed by atoms with Crippen LogP contribution in [0.15, 0.2) is 11.1 Å². The van der Waals surface area contributed by atoms with Crippen LogP contribution in [0.5, 0.6) is 0 Å². The quantitative estimate of drug-likeness (QED) is 0.601. The lowest BCUT2D eigenvalue weighted by atomic mass is 9.90. The molecule has 0 amide bonds. The Hall–Kier alpha value is -1.30. The van der Waals surface area contributed by atoms with Gasteiger partial charge in [0.15, 0.2) is 0 Å². The van der Waals surface area contributed by atoms with Gasteiger partial charge in [0.25, 0.3) is 0 Å². The molecule has 16 heavy (non-hydrogen) atoms. The highest BCUT2D eigenvalue weighted by molar-refractivity contribution is 5.78. The van der Waals surface area contributed by atoms with Gasteiger partial charge < -0.3 is 0 Å². The average Bonchev–Trinajstić information content (AvgIpc) is 2.78. The van der Waals surface area contributed by atoms with Crippen molar-refractivity contribution in [3.05, 3.63) is 44.5 Å². The molecule has 1 aromatic carbocycles. The van der Waals surface area contributed by atoms with Gasteiger partial charge in [0.2, 0.25) is 0 Å². The van der Waals surface area contributed by atoms with E-state index in [-0.39, 0.29) is 0 Å². The second-order valence-corrected chi connectivity index (χ2v) is 5.37. The Morgan fingerprint density at radius 3 is 1.56 bits per heavy atom. The number of rotatable bonds is 0. The van der Waals surface area contributed by atoms with Crippen LogP contribution in [0.1, 0.15) is 47.2 Å². The molecule has 2 aliphatic rings. The number of hydrogen-bond donors (Lipinski definition) is 0. The molecule has 2 aliphatic carbocycles. The van der Waals surface area contributed by atoms with Crippen molar-refractivity contribution in [2.45, 2.75) is 40.5 Å². The summed E-state index contributed by atoms with van der Waals surface area (Å²) in [6, 6.07) is 0. The fourth-order valence-electron chi connectivity index (χ4n) is 3.18. The molecule has 0 bridgehead atoms. The van der Waals surface area contributed by atoms with Gasteiger partial charge in [0.1, 0.15) is 0 Å². The Balaban J connectivity index is 2.33. The lowest BCUT2D eigenvalue weighted by Crippen LogP contribution is -2.00. The molecule has 0 nitrogen and oxygen atoms in total. The Morgan fingerprint density at radius 2 is 1.12 bits per heavy atom. The normalized spacial score (nSPS) is 17.0. The molecule has 0 radical (unpaired) electrons. The summed E-state index contributed by atoms with van der Waals surface area (Å²) in [6.45, 7) is 9.06. The van der Waals surface area contributed by atoms with Crippen molar-refractivity contribution in [1.82, 2.24) is 0 Å². The zero-order chi connectivity index (χ0) is 11.4. The van der Waals surface area contributed by atoms with E-state index in [0.29, 0.717) is 0 Å². The zero-order valence-electron chi connectivity index (χ0n) is 10.6. The first-order valence-corrected chi connectivity index (χ1v) is 6.07. The maximum Gasteiger partial charge on any atom is -0.00578 e. The van der Waals surface area contributed by atoms with Gasteiger partial charge in [-0.3, -0.25) is 0 Å². The summed E-state index contributed by atoms with van der Waals surface area (Å²) in [5.74, 6) is 0. The van der Waals surface area contributed by atoms with Crippen LogP contribution < -0.4 is 0 Å². The van der Waals surface area contributed by atoms with E-state index in [2.05, 4.69) is 39.8 Å². The lowest BCUT2D eigenvalue weighted by molar-refractivity contribution is 1.09. The van der Waals surface area contributed by atoms with Crippen molar-refractivity contribution in [1.29, 1.82) is 0 Å². The van der Waals surface area contributed by atoms with Crippen LogP contribution in [-0.2, 0) is 12.8 Å². The summed E-state index contributed by atoms with van der Waals surface area (Å²) in [4.78, 5) is 0. The third kappa shape index (κ3) is 1.16. The van der Waals surface area contributed by atoms with Crippen molar-refractivity contribution in [3.8, 4) is 0 Å². The molecule has 82 valence electrons. The van der Waals surface area contributed by atoms with Crippen LogP contribution in [0.3, 0.4) is 0 Å². The Labute approximate surface area is 97.7 Å². The van der Waals surface area contributed by atoms with Gasteiger partial charge in [-0.2, -0.15) is 0 Å². The SMILES string of the molecule is CC1=Cc2c(C)c3c(c(C)c2C1)CC(C)=C3. The third-order valence-corrected chi connectivity index (χ3v) is 4.06. The van der Waals surface area contributed by atoms with Crippen molar-refractivity contribution in [3.63, 3.8) is 0 Å². The molecule has 0 heteroatoms. The van der Waals surface area contributed by atoms with Gasteiger partial charge in [0.05, 0.1) is 0 Å². The average molecular weight is 210 g/mol. The summed E-state index contributed by atoms with van der Waals surface area (Å²) in [5, 5.41) is 0. The van der Waals surface area contributed by atoms with E-state index in [1.807, 2.05) is 0 Å². The van der Waals surface area contributed by atoms with E-state index in [4.69, 9.17) is 0 Å². The Bertz CT molecular complexity index is 507. The Morgan fingerprint density at radius 1 is 0.688 bits per heavy atom. The molecule has 0 unspecified atom stereocenters. The van der Waals surface area contributed by atoms with Crippen LogP contribution in [0.4, 0.5) is 0 Å². The van der Waals surface area contributed by atoms with Crippen molar-refractivity contribution in [2.24, 2.45) is 0 Å². The molecule has 0 aliphatic heterocycles. The van der Waals surface area contributed by atoms with Gasteiger partial charge in [0, 0.05) is 0 Å². The zero-order valence-corrected chi connectivity index (χ0v) is 10.6. The Kier molecular flexibility index (Phi) is 1.92. The van der Waals surface area contributed by atoms with Gasteiger partial charge in [-0.05, 0) is 73.9 Å². The van der Waals surface area contributed by atoms with Gasteiger partial charge in [-0.1, -0.05) is 23.3 Å².